The molecule has 2 fully saturated rings. The van der Waals surface area contributed by atoms with E-state index < -0.39 is 0 Å². The predicted octanol–water partition coefficient (Wildman–Crippen LogP) is 2.08. The Labute approximate surface area is 117 Å². The molecular formula is C14H27N3S. The second kappa shape index (κ2) is 6.20. The van der Waals surface area contributed by atoms with Gasteiger partial charge in [0.25, 0.3) is 0 Å². The summed E-state index contributed by atoms with van der Waals surface area (Å²) >= 11 is 5.56. The summed E-state index contributed by atoms with van der Waals surface area (Å²) in [5.41, 5.74) is 0. The van der Waals surface area contributed by atoms with Gasteiger partial charge < -0.3 is 10.2 Å². The number of hydrogen-bond acceptors (Lipinski definition) is 2. The molecule has 0 aromatic heterocycles. The van der Waals surface area contributed by atoms with E-state index in [0.717, 1.165) is 24.2 Å². The number of fused-ring (bicyclic) bond motifs is 1. The van der Waals surface area contributed by atoms with Crippen molar-refractivity contribution < 1.29 is 0 Å². The van der Waals surface area contributed by atoms with Crippen molar-refractivity contribution in [1.82, 2.24) is 15.1 Å². The van der Waals surface area contributed by atoms with Gasteiger partial charge in [-0.15, -0.1) is 0 Å². The monoisotopic (exact) mass is 269 g/mol. The summed E-state index contributed by atoms with van der Waals surface area (Å²) < 4.78 is 0. The Kier molecular flexibility index (Phi) is 4.84. The quantitative estimate of drug-likeness (QED) is 0.773. The predicted molar refractivity (Wildman–Crippen MR) is 80.8 cm³/mol. The van der Waals surface area contributed by atoms with Crippen molar-refractivity contribution in [3.63, 3.8) is 0 Å². The molecule has 0 radical (unpaired) electrons. The topological polar surface area (TPSA) is 18.5 Å². The number of nitrogens with zero attached hydrogens (tertiary/aromatic N) is 2. The number of nitrogens with one attached hydrogen (secondary N) is 1. The third-order valence-electron chi connectivity index (χ3n) is 4.11. The smallest absolute Gasteiger partial charge is 0.169 e. The third kappa shape index (κ3) is 3.35. The molecule has 2 aliphatic rings. The Balaban J connectivity index is 1.90. The van der Waals surface area contributed by atoms with E-state index in [1.807, 2.05) is 0 Å². The number of piperidine rings is 1. The van der Waals surface area contributed by atoms with Crippen LogP contribution in [0.15, 0.2) is 0 Å². The summed E-state index contributed by atoms with van der Waals surface area (Å²) in [6, 6.07) is 1.28. The number of thiocarbonyl (C=S) groups is 1. The molecule has 0 aromatic rings. The molecule has 0 aliphatic carbocycles. The van der Waals surface area contributed by atoms with E-state index in [4.69, 9.17) is 12.2 Å². The van der Waals surface area contributed by atoms with Crippen molar-refractivity contribution in [2.75, 3.05) is 26.2 Å². The van der Waals surface area contributed by atoms with Gasteiger partial charge in [-0.25, -0.2) is 0 Å². The van der Waals surface area contributed by atoms with Crippen LogP contribution < -0.4 is 5.32 Å². The van der Waals surface area contributed by atoms with Crippen LogP contribution in [-0.4, -0.2) is 53.2 Å². The Morgan fingerprint density at radius 1 is 1.33 bits per heavy atom. The van der Waals surface area contributed by atoms with Crippen LogP contribution in [0.4, 0.5) is 0 Å². The van der Waals surface area contributed by atoms with E-state index in [9.17, 15) is 0 Å². The van der Waals surface area contributed by atoms with Crippen molar-refractivity contribution >= 4 is 17.3 Å². The van der Waals surface area contributed by atoms with Crippen LogP contribution in [0.3, 0.4) is 0 Å². The van der Waals surface area contributed by atoms with Gasteiger partial charge in [0.2, 0.25) is 0 Å². The number of piperazine rings is 1. The van der Waals surface area contributed by atoms with Crippen LogP contribution in [0.5, 0.6) is 0 Å². The second-order valence-electron chi connectivity index (χ2n) is 6.23. The first-order valence-electron chi connectivity index (χ1n) is 7.36. The van der Waals surface area contributed by atoms with Gasteiger partial charge in [-0.3, -0.25) is 4.90 Å². The maximum absolute atomic E-state index is 5.56. The normalized spacial score (nSPS) is 29.2. The highest BCUT2D eigenvalue weighted by atomic mass is 32.1. The first-order chi connectivity index (χ1) is 8.58. The molecule has 0 amide bonds. The van der Waals surface area contributed by atoms with Gasteiger partial charge in [-0.2, -0.15) is 0 Å². The molecule has 0 bridgehead atoms. The van der Waals surface area contributed by atoms with Gasteiger partial charge in [-0.1, -0.05) is 20.3 Å². The molecule has 0 aromatic carbocycles. The Hall–Kier alpha value is -0.350. The van der Waals surface area contributed by atoms with Crippen molar-refractivity contribution in [2.45, 2.75) is 52.1 Å². The summed E-state index contributed by atoms with van der Waals surface area (Å²) in [6.45, 7) is 11.3. The molecule has 3 nitrogen and oxygen atoms in total. The maximum Gasteiger partial charge on any atom is 0.169 e. The Morgan fingerprint density at radius 3 is 2.83 bits per heavy atom. The molecule has 4 heteroatoms. The zero-order valence-electron chi connectivity index (χ0n) is 12.0. The third-order valence-corrected chi connectivity index (χ3v) is 4.49. The molecule has 2 heterocycles. The number of rotatable bonds is 2. The number of hydrogen-bond donors (Lipinski definition) is 1. The van der Waals surface area contributed by atoms with Crippen molar-refractivity contribution in [1.29, 1.82) is 0 Å². The first-order valence-corrected chi connectivity index (χ1v) is 7.77. The first kappa shape index (κ1) is 14.1. The van der Waals surface area contributed by atoms with E-state index in [2.05, 4.69) is 35.9 Å². The molecule has 104 valence electrons. The molecule has 2 aliphatic heterocycles. The molecule has 2 rings (SSSR count). The van der Waals surface area contributed by atoms with E-state index in [1.165, 1.54) is 32.4 Å². The average Bonchev–Trinajstić information content (AvgIpc) is 2.35. The molecule has 2 saturated heterocycles. The summed E-state index contributed by atoms with van der Waals surface area (Å²) in [6.07, 6.45) is 4.10. The maximum atomic E-state index is 5.56. The van der Waals surface area contributed by atoms with Crippen molar-refractivity contribution in [2.24, 2.45) is 5.92 Å². The van der Waals surface area contributed by atoms with Gasteiger partial charge in [0.05, 0.1) is 0 Å². The average molecular weight is 269 g/mol. The lowest BCUT2D eigenvalue weighted by atomic mass is 9.97. The lowest BCUT2D eigenvalue weighted by Crippen LogP contribution is -2.61. The zero-order chi connectivity index (χ0) is 13.1. The second-order valence-corrected chi connectivity index (χ2v) is 6.61. The minimum absolute atomic E-state index is 0.548. The van der Waals surface area contributed by atoms with Crippen molar-refractivity contribution in [3.05, 3.63) is 0 Å². The van der Waals surface area contributed by atoms with E-state index in [1.54, 1.807) is 0 Å². The van der Waals surface area contributed by atoms with Crippen LogP contribution in [0.2, 0.25) is 0 Å². The molecule has 18 heavy (non-hydrogen) atoms. The van der Waals surface area contributed by atoms with Gasteiger partial charge in [0.1, 0.15) is 0 Å². The van der Waals surface area contributed by atoms with E-state index >= 15 is 0 Å². The molecule has 1 N–H and O–H groups in total. The highest BCUT2D eigenvalue weighted by Crippen LogP contribution is 2.23. The Morgan fingerprint density at radius 2 is 2.11 bits per heavy atom. The Bertz CT molecular complexity index is 293. The molecule has 2 unspecified atom stereocenters. The largest absolute Gasteiger partial charge is 0.362 e. The molecular weight excluding hydrogens is 242 g/mol. The minimum atomic E-state index is 0.548. The van der Waals surface area contributed by atoms with Gasteiger partial charge in [0.15, 0.2) is 5.11 Å². The summed E-state index contributed by atoms with van der Waals surface area (Å²) in [5.74, 6) is 0.647. The van der Waals surface area contributed by atoms with Gasteiger partial charge >= 0.3 is 0 Å². The highest BCUT2D eigenvalue weighted by molar-refractivity contribution is 7.80. The fraction of sp³-hybridized carbons (Fsp3) is 0.929. The van der Waals surface area contributed by atoms with Crippen LogP contribution in [0.25, 0.3) is 0 Å². The molecule has 2 atom stereocenters. The summed E-state index contributed by atoms with van der Waals surface area (Å²) in [5, 5.41) is 4.38. The lowest BCUT2D eigenvalue weighted by molar-refractivity contribution is 0.0499. The SMILES string of the molecule is CC(C)CNC(=S)N1CC2CCCCN2CC1C. The van der Waals surface area contributed by atoms with Crippen molar-refractivity contribution in [3.8, 4) is 0 Å². The fourth-order valence-electron chi connectivity index (χ4n) is 3.03. The summed E-state index contributed by atoms with van der Waals surface area (Å²) in [4.78, 5) is 5.07. The highest BCUT2D eigenvalue weighted by Gasteiger charge is 2.33. The van der Waals surface area contributed by atoms with Crippen LogP contribution in [0.1, 0.15) is 40.0 Å². The van der Waals surface area contributed by atoms with E-state index in [-0.39, 0.29) is 0 Å². The summed E-state index contributed by atoms with van der Waals surface area (Å²) in [7, 11) is 0. The molecule has 0 saturated carbocycles. The minimum Gasteiger partial charge on any atom is -0.362 e. The van der Waals surface area contributed by atoms with Crippen LogP contribution in [-0.2, 0) is 0 Å². The lowest BCUT2D eigenvalue weighted by Gasteiger charge is -2.48. The molecule has 0 spiro atoms. The van der Waals surface area contributed by atoms with E-state index in [0.29, 0.717) is 12.0 Å². The zero-order valence-corrected chi connectivity index (χ0v) is 12.8. The van der Waals surface area contributed by atoms with Gasteiger partial charge in [-0.05, 0) is 44.4 Å². The van der Waals surface area contributed by atoms with Crippen LogP contribution in [0, 0.1) is 5.92 Å². The van der Waals surface area contributed by atoms with Crippen LogP contribution >= 0.6 is 12.2 Å². The van der Waals surface area contributed by atoms with Gasteiger partial charge in [0, 0.05) is 31.7 Å². The fourth-order valence-corrected chi connectivity index (χ4v) is 3.37. The standard InChI is InChI=1S/C14H27N3S/c1-11(2)8-15-14(18)17-10-13-6-4-5-7-16(13)9-12(17)3/h11-13H,4-10H2,1-3H3,(H,15,18).